The van der Waals surface area contributed by atoms with Gasteiger partial charge in [0, 0.05) is 11.1 Å². The molecular formula is C23H25O5P. The summed E-state index contributed by atoms with van der Waals surface area (Å²) in [4.78, 5) is 10.5. The SMILES string of the molecule is Cc1cccc(OP(=O)(O)Oc2c(-c3c(C)cccc3O)ccc(C)c2C)c1C. The first-order chi connectivity index (χ1) is 13.6. The highest BCUT2D eigenvalue weighted by molar-refractivity contribution is 7.48. The quantitative estimate of drug-likeness (QED) is 0.491. The number of phosphoric acid groups is 1. The standard InChI is InChI=1S/C23H25O5P/c1-14-8-7-11-21(17(14)4)27-29(25,26)28-23-18(5)15(2)12-13-19(23)22-16(3)9-6-10-20(22)24/h6-13,24H,1-5H3,(H,25,26). The molecule has 0 saturated carbocycles. The van der Waals surface area contributed by atoms with Gasteiger partial charge in [-0.25, -0.2) is 4.57 Å². The molecule has 3 aromatic rings. The van der Waals surface area contributed by atoms with Crippen LogP contribution in [0.15, 0.2) is 48.5 Å². The molecule has 29 heavy (non-hydrogen) atoms. The highest BCUT2D eigenvalue weighted by Gasteiger charge is 2.29. The maximum Gasteiger partial charge on any atom is 0.584 e. The van der Waals surface area contributed by atoms with Crippen LogP contribution in [0.3, 0.4) is 0 Å². The summed E-state index contributed by atoms with van der Waals surface area (Å²) >= 11 is 0. The molecule has 1 atom stereocenters. The fourth-order valence-corrected chi connectivity index (χ4v) is 4.14. The molecule has 0 aliphatic rings. The van der Waals surface area contributed by atoms with Crippen molar-refractivity contribution in [2.45, 2.75) is 34.6 Å². The Morgan fingerprint density at radius 2 is 1.38 bits per heavy atom. The van der Waals surface area contributed by atoms with Crippen LogP contribution < -0.4 is 9.05 Å². The van der Waals surface area contributed by atoms with Crippen LogP contribution in [0.1, 0.15) is 27.8 Å². The van der Waals surface area contributed by atoms with E-state index in [1.54, 1.807) is 37.3 Å². The van der Waals surface area contributed by atoms with Crippen molar-refractivity contribution < 1.29 is 23.6 Å². The Kier molecular flexibility index (Phi) is 5.74. The number of phosphoric ester groups is 1. The van der Waals surface area contributed by atoms with Gasteiger partial charge in [-0.3, -0.25) is 4.89 Å². The van der Waals surface area contributed by atoms with Crippen LogP contribution in [0.2, 0.25) is 0 Å². The maximum absolute atomic E-state index is 12.9. The molecule has 152 valence electrons. The van der Waals surface area contributed by atoms with Crippen LogP contribution >= 0.6 is 7.82 Å². The topological polar surface area (TPSA) is 76.0 Å². The first-order valence-electron chi connectivity index (χ1n) is 9.28. The monoisotopic (exact) mass is 412 g/mol. The Balaban J connectivity index is 2.08. The van der Waals surface area contributed by atoms with Crippen LogP contribution in [0, 0.1) is 34.6 Å². The molecule has 6 heteroatoms. The van der Waals surface area contributed by atoms with E-state index in [1.807, 2.05) is 45.9 Å². The summed E-state index contributed by atoms with van der Waals surface area (Å²) in [6.07, 6.45) is 0. The van der Waals surface area contributed by atoms with Gasteiger partial charge in [0.25, 0.3) is 0 Å². The predicted octanol–water partition coefficient (Wildman–Crippen LogP) is 6.16. The number of phenolic OH excluding ortho intramolecular Hbond substituents is 1. The van der Waals surface area contributed by atoms with E-state index in [0.29, 0.717) is 22.4 Å². The Hall–Kier alpha value is -2.75. The summed E-state index contributed by atoms with van der Waals surface area (Å²) in [6.45, 7) is 9.27. The molecular weight excluding hydrogens is 387 g/mol. The predicted molar refractivity (Wildman–Crippen MR) is 115 cm³/mol. The first-order valence-corrected chi connectivity index (χ1v) is 10.8. The number of hydrogen-bond donors (Lipinski definition) is 2. The van der Waals surface area contributed by atoms with Gasteiger partial charge in [0.1, 0.15) is 17.2 Å². The van der Waals surface area contributed by atoms with Crippen molar-refractivity contribution in [2.75, 3.05) is 0 Å². The molecule has 0 saturated heterocycles. The zero-order valence-corrected chi connectivity index (χ0v) is 18.1. The smallest absolute Gasteiger partial charge is 0.507 e. The third-order valence-electron chi connectivity index (χ3n) is 5.17. The number of aryl methyl sites for hydroxylation is 3. The van der Waals surface area contributed by atoms with Gasteiger partial charge < -0.3 is 14.2 Å². The first kappa shape index (κ1) is 21.0. The van der Waals surface area contributed by atoms with E-state index in [4.69, 9.17) is 9.05 Å². The lowest BCUT2D eigenvalue weighted by molar-refractivity contribution is 0.290. The average Bonchev–Trinajstić information content (AvgIpc) is 2.64. The molecule has 2 N–H and O–H groups in total. The van der Waals surface area contributed by atoms with Crippen LogP contribution in [0.4, 0.5) is 0 Å². The third kappa shape index (κ3) is 4.31. The summed E-state index contributed by atoms with van der Waals surface area (Å²) in [5, 5.41) is 10.4. The van der Waals surface area contributed by atoms with Gasteiger partial charge in [-0.2, -0.15) is 0 Å². The van der Waals surface area contributed by atoms with Gasteiger partial charge in [0.2, 0.25) is 0 Å². The molecule has 3 aromatic carbocycles. The molecule has 0 aliphatic heterocycles. The Bertz CT molecular complexity index is 1100. The molecule has 0 radical (unpaired) electrons. The minimum Gasteiger partial charge on any atom is -0.507 e. The summed E-state index contributed by atoms with van der Waals surface area (Å²) in [5.74, 6) is 0.577. The summed E-state index contributed by atoms with van der Waals surface area (Å²) in [7, 11) is -4.49. The molecule has 0 bridgehead atoms. The second kappa shape index (κ2) is 7.94. The normalized spacial score (nSPS) is 13.0. The van der Waals surface area contributed by atoms with Crippen molar-refractivity contribution in [3.63, 3.8) is 0 Å². The largest absolute Gasteiger partial charge is 0.584 e. The Morgan fingerprint density at radius 1 is 0.759 bits per heavy atom. The summed E-state index contributed by atoms with van der Waals surface area (Å²) < 4.78 is 23.9. The number of aromatic hydroxyl groups is 1. The van der Waals surface area contributed by atoms with Crippen molar-refractivity contribution in [1.29, 1.82) is 0 Å². The lowest BCUT2D eigenvalue weighted by Crippen LogP contribution is -2.04. The number of hydrogen-bond acceptors (Lipinski definition) is 4. The lowest BCUT2D eigenvalue weighted by atomic mass is 9.95. The van der Waals surface area contributed by atoms with Crippen LogP contribution in [-0.4, -0.2) is 10.00 Å². The van der Waals surface area contributed by atoms with E-state index in [0.717, 1.165) is 22.3 Å². The van der Waals surface area contributed by atoms with Crippen molar-refractivity contribution in [2.24, 2.45) is 0 Å². The van der Waals surface area contributed by atoms with E-state index in [1.165, 1.54) is 0 Å². The van der Waals surface area contributed by atoms with Gasteiger partial charge >= 0.3 is 7.82 Å². The van der Waals surface area contributed by atoms with Crippen molar-refractivity contribution in [1.82, 2.24) is 0 Å². The van der Waals surface area contributed by atoms with Gasteiger partial charge in [-0.05, 0) is 74.6 Å². The fraction of sp³-hybridized carbons (Fsp3) is 0.217. The van der Waals surface area contributed by atoms with Gasteiger partial charge in [0.05, 0.1) is 0 Å². The van der Waals surface area contributed by atoms with E-state index >= 15 is 0 Å². The van der Waals surface area contributed by atoms with E-state index in [2.05, 4.69) is 0 Å². The zero-order chi connectivity index (χ0) is 21.3. The number of phenols is 1. The van der Waals surface area contributed by atoms with Gasteiger partial charge in [-0.1, -0.05) is 36.4 Å². The van der Waals surface area contributed by atoms with Crippen LogP contribution in [0.5, 0.6) is 17.2 Å². The molecule has 0 heterocycles. The highest BCUT2D eigenvalue weighted by Crippen LogP contribution is 2.50. The van der Waals surface area contributed by atoms with Crippen molar-refractivity contribution >= 4 is 7.82 Å². The minimum absolute atomic E-state index is 0.0707. The zero-order valence-electron chi connectivity index (χ0n) is 17.2. The summed E-state index contributed by atoms with van der Waals surface area (Å²) in [5.41, 5.74) is 5.21. The molecule has 0 aromatic heterocycles. The molecule has 0 fully saturated rings. The number of rotatable bonds is 5. The molecule has 1 unspecified atom stereocenters. The molecule has 5 nitrogen and oxygen atoms in total. The number of benzene rings is 3. The van der Waals surface area contributed by atoms with Crippen LogP contribution in [0.25, 0.3) is 11.1 Å². The van der Waals surface area contributed by atoms with Crippen molar-refractivity contribution in [3.05, 3.63) is 76.3 Å². The molecule has 0 aliphatic carbocycles. The van der Waals surface area contributed by atoms with Gasteiger partial charge in [0.15, 0.2) is 0 Å². The lowest BCUT2D eigenvalue weighted by Gasteiger charge is -2.21. The van der Waals surface area contributed by atoms with Crippen LogP contribution in [-0.2, 0) is 4.57 Å². The third-order valence-corrected chi connectivity index (χ3v) is 6.01. The van der Waals surface area contributed by atoms with Gasteiger partial charge in [-0.15, -0.1) is 0 Å². The minimum atomic E-state index is -4.49. The Labute approximate surface area is 171 Å². The molecule has 0 spiro atoms. The molecule has 0 amide bonds. The van der Waals surface area contributed by atoms with Crippen molar-refractivity contribution in [3.8, 4) is 28.4 Å². The summed E-state index contributed by atoms with van der Waals surface area (Å²) in [6, 6.07) is 14.1. The van der Waals surface area contributed by atoms with E-state index in [9.17, 15) is 14.6 Å². The van der Waals surface area contributed by atoms with E-state index < -0.39 is 7.82 Å². The highest BCUT2D eigenvalue weighted by atomic mass is 31.2. The average molecular weight is 412 g/mol. The second-order valence-corrected chi connectivity index (χ2v) is 8.50. The van der Waals surface area contributed by atoms with E-state index in [-0.39, 0.29) is 11.5 Å². The second-order valence-electron chi connectivity index (χ2n) is 7.20. The maximum atomic E-state index is 12.9. The Morgan fingerprint density at radius 3 is 2.07 bits per heavy atom. The fourth-order valence-electron chi connectivity index (χ4n) is 3.19. The molecule has 3 rings (SSSR count).